The largest absolute Gasteiger partial charge is 0.497 e. The lowest BCUT2D eigenvalue weighted by Gasteiger charge is -2.26. The van der Waals surface area contributed by atoms with Crippen molar-refractivity contribution in [3.63, 3.8) is 0 Å². The molecule has 1 aliphatic heterocycles. The Morgan fingerprint density at radius 2 is 1.88 bits per heavy atom. The quantitative estimate of drug-likeness (QED) is 0.578. The second-order valence-electron chi connectivity index (χ2n) is 7.13. The smallest absolute Gasteiger partial charge is 0.352 e. The van der Waals surface area contributed by atoms with Crippen LogP contribution in [0.4, 0.5) is 0 Å². The second kappa shape index (κ2) is 9.37. The summed E-state index contributed by atoms with van der Waals surface area (Å²) >= 11 is 6.25. The minimum atomic E-state index is -0.773. The highest BCUT2D eigenvalue weighted by Crippen LogP contribution is 2.16. The Bertz CT molecular complexity index is 1260. The van der Waals surface area contributed by atoms with Crippen molar-refractivity contribution in [1.29, 1.82) is 0 Å². The summed E-state index contributed by atoms with van der Waals surface area (Å²) in [6.07, 6.45) is 0. The maximum Gasteiger partial charge on any atom is 0.352 e. The summed E-state index contributed by atoms with van der Waals surface area (Å²) in [6.45, 7) is 1.31. The van der Waals surface area contributed by atoms with Crippen LogP contribution in [0, 0.1) is 0 Å². The summed E-state index contributed by atoms with van der Waals surface area (Å²) in [6, 6.07) is 13.5. The van der Waals surface area contributed by atoms with Crippen molar-refractivity contribution < 1.29 is 14.3 Å². The van der Waals surface area contributed by atoms with Crippen molar-refractivity contribution in [2.75, 3.05) is 33.4 Å². The van der Waals surface area contributed by atoms with Gasteiger partial charge in [0.05, 0.1) is 32.6 Å². The Balaban J connectivity index is 1.89. The molecule has 0 N–H and O–H groups in total. The number of amides is 1. The Morgan fingerprint density at radius 3 is 2.59 bits per heavy atom. The maximum absolute atomic E-state index is 13.3. The Morgan fingerprint density at radius 1 is 1.12 bits per heavy atom. The van der Waals surface area contributed by atoms with E-state index in [4.69, 9.17) is 21.1 Å². The van der Waals surface area contributed by atoms with E-state index in [1.807, 2.05) is 0 Å². The molecular formula is C22H21ClN4O5. The number of ether oxygens (including phenoxy) is 2. The average molecular weight is 457 g/mol. The predicted octanol–water partition coefficient (Wildman–Crippen LogP) is 1.58. The molecule has 32 heavy (non-hydrogen) atoms. The number of carbonyl (C=O) groups is 1. The molecule has 0 unspecified atom stereocenters. The van der Waals surface area contributed by atoms with Crippen LogP contribution in [0.1, 0.15) is 16.1 Å². The molecule has 1 amide bonds. The van der Waals surface area contributed by atoms with Crippen molar-refractivity contribution in [3.05, 3.63) is 85.6 Å². The van der Waals surface area contributed by atoms with Crippen LogP contribution in [0.2, 0.25) is 5.02 Å². The van der Waals surface area contributed by atoms with Crippen LogP contribution in [-0.4, -0.2) is 58.6 Å². The molecule has 1 aliphatic rings. The fourth-order valence-corrected chi connectivity index (χ4v) is 3.61. The Kier molecular flexibility index (Phi) is 6.38. The van der Waals surface area contributed by atoms with Crippen molar-refractivity contribution in [2.24, 2.45) is 0 Å². The molecule has 1 fully saturated rings. The van der Waals surface area contributed by atoms with E-state index < -0.39 is 17.2 Å². The zero-order valence-electron chi connectivity index (χ0n) is 17.4. The van der Waals surface area contributed by atoms with E-state index in [0.29, 0.717) is 48.3 Å². The minimum absolute atomic E-state index is 0.104. The first kappa shape index (κ1) is 21.8. The number of hydrogen-bond donors (Lipinski definition) is 0. The number of nitrogens with zero attached hydrogens (tertiary/aromatic N) is 4. The first-order valence-electron chi connectivity index (χ1n) is 9.98. The zero-order valence-corrected chi connectivity index (χ0v) is 18.1. The third-order valence-corrected chi connectivity index (χ3v) is 5.51. The number of rotatable bonds is 5. The molecule has 3 aromatic rings. The van der Waals surface area contributed by atoms with E-state index in [2.05, 4.69) is 5.10 Å². The number of aromatic nitrogens is 3. The normalized spacial score (nSPS) is 13.8. The van der Waals surface area contributed by atoms with E-state index in [1.54, 1.807) is 48.5 Å². The van der Waals surface area contributed by atoms with Gasteiger partial charge in [0.2, 0.25) is 5.69 Å². The van der Waals surface area contributed by atoms with Gasteiger partial charge in [0, 0.05) is 24.2 Å². The molecule has 0 atom stereocenters. The van der Waals surface area contributed by atoms with E-state index in [0.717, 1.165) is 9.25 Å². The van der Waals surface area contributed by atoms with Gasteiger partial charge >= 0.3 is 5.69 Å². The molecule has 0 saturated carbocycles. The van der Waals surface area contributed by atoms with Crippen LogP contribution >= 0.6 is 11.6 Å². The van der Waals surface area contributed by atoms with Crippen LogP contribution in [0.5, 0.6) is 5.75 Å². The molecule has 1 aromatic heterocycles. The molecule has 10 heteroatoms. The van der Waals surface area contributed by atoms with Crippen molar-refractivity contribution in [1.82, 2.24) is 19.2 Å². The molecule has 0 bridgehead atoms. The van der Waals surface area contributed by atoms with Crippen LogP contribution in [0.3, 0.4) is 0 Å². The van der Waals surface area contributed by atoms with Crippen LogP contribution < -0.4 is 16.0 Å². The number of benzene rings is 2. The van der Waals surface area contributed by atoms with Gasteiger partial charge in [0.15, 0.2) is 0 Å². The van der Waals surface area contributed by atoms with E-state index in [9.17, 15) is 14.4 Å². The second-order valence-corrected chi connectivity index (χ2v) is 7.54. The first-order chi connectivity index (χ1) is 15.5. The third-order valence-electron chi connectivity index (χ3n) is 5.14. The lowest BCUT2D eigenvalue weighted by atomic mass is 10.2. The number of morpholine rings is 1. The highest BCUT2D eigenvalue weighted by Gasteiger charge is 2.26. The van der Waals surface area contributed by atoms with E-state index in [-0.39, 0.29) is 12.2 Å². The highest BCUT2D eigenvalue weighted by atomic mass is 35.5. The first-order valence-corrected chi connectivity index (χ1v) is 10.4. The summed E-state index contributed by atoms with van der Waals surface area (Å²) in [5, 5.41) is 4.57. The standard InChI is InChI=1S/C22H21ClN4O5/c1-31-17-7-4-6-16(13-17)27-22(30)26(14-15-5-2-3-8-18(15)23)21(29)19(24-27)20(28)25-9-11-32-12-10-25/h2-8,13H,9-12,14H2,1H3. The summed E-state index contributed by atoms with van der Waals surface area (Å²) in [5.74, 6) is -0.0519. The van der Waals surface area contributed by atoms with Crippen molar-refractivity contribution >= 4 is 17.5 Å². The molecule has 0 spiro atoms. The van der Waals surface area contributed by atoms with Gasteiger partial charge in [-0.1, -0.05) is 35.9 Å². The number of methoxy groups -OCH3 is 1. The number of carbonyl (C=O) groups excluding carboxylic acids is 1. The molecule has 0 radical (unpaired) electrons. The SMILES string of the molecule is COc1cccc(-n2nc(C(=O)N3CCOCC3)c(=O)n(Cc3ccccc3Cl)c2=O)c1. The predicted molar refractivity (Wildman–Crippen MR) is 118 cm³/mol. The van der Waals surface area contributed by atoms with Crippen LogP contribution in [-0.2, 0) is 11.3 Å². The molecule has 0 aliphatic carbocycles. The summed E-state index contributed by atoms with van der Waals surface area (Å²) in [7, 11) is 1.50. The fourth-order valence-electron chi connectivity index (χ4n) is 3.41. The molecule has 166 valence electrons. The van der Waals surface area contributed by atoms with Gasteiger partial charge in [0.1, 0.15) is 5.75 Å². The highest BCUT2D eigenvalue weighted by molar-refractivity contribution is 6.31. The number of halogens is 1. The fraction of sp³-hybridized carbons (Fsp3) is 0.273. The monoisotopic (exact) mass is 456 g/mol. The van der Waals surface area contributed by atoms with Crippen LogP contribution in [0.25, 0.3) is 5.69 Å². The van der Waals surface area contributed by atoms with Gasteiger partial charge < -0.3 is 14.4 Å². The molecule has 1 saturated heterocycles. The molecule has 2 aromatic carbocycles. The average Bonchev–Trinajstić information content (AvgIpc) is 2.83. The minimum Gasteiger partial charge on any atom is -0.497 e. The Labute approximate surface area is 188 Å². The summed E-state index contributed by atoms with van der Waals surface area (Å²) < 4.78 is 12.5. The Hall–Kier alpha value is -3.43. The van der Waals surface area contributed by atoms with Gasteiger partial charge in [-0.3, -0.25) is 14.2 Å². The van der Waals surface area contributed by atoms with Crippen molar-refractivity contribution in [2.45, 2.75) is 6.54 Å². The van der Waals surface area contributed by atoms with Crippen LogP contribution in [0.15, 0.2) is 58.1 Å². The van der Waals surface area contributed by atoms with E-state index in [1.165, 1.54) is 12.0 Å². The van der Waals surface area contributed by atoms with Gasteiger partial charge in [-0.05, 0) is 23.8 Å². The topological polar surface area (TPSA) is 95.7 Å². The molecular weight excluding hydrogens is 436 g/mol. The zero-order chi connectivity index (χ0) is 22.7. The summed E-state index contributed by atoms with van der Waals surface area (Å²) in [4.78, 5) is 41.2. The summed E-state index contributed by atoms with van der Waals surface area (Å²) in [5.41, 5.74) is -0.881. The van der Waals surface area contributed by atoms with Crippen molar-refractivity contribution in [3.8, 4) is 11.4 Å². The van der Waals surface area contributed by atoms with Gasteiger partial charge in [-0.2, -0.15) is 9.78 Å². The maximum atomic E-state index is 13.3. The van der Waals surface area contributed by atoms with E-state index >= 15 is 0 Å². The van der Waals surface area contributed by atoms with Gasteiger partial charge in [-0.15, -0.1) is 0 Å². The molecule has 4 rings (SSSR count). The molecule has 9 nitrogen and oxygen atoms in total. The lowest BCUT2D eigenvalue weighted by molar-refractivity contribution is 0.0295. The lowest BCUT2D eigenvalue weighted by Crippen LogP contribution is -2.48. The third kappa shape index (κ3) is 4.30. The van der Waals surface area contributed by atoms with Gasteiger partial charge in [-0.25, -0.2) is 4.79 Å². The van der Waals surface area contributed by atoms with Gasteiger partial charge in [0.25, 0.3) is 11.5 Å². The number of hydrogen-bond acceptors (Lipinski definition) is 6. The molecule has 2 heterocycles.